The average molecular weight is 223 g/mol. The highest BCUT2D eigenvalue weighted by molar-refractivity contribution is 5.66. The SMILES string of the molecule is C#CCC1(OC(C)=O)CCN(C)CC1CC. The highest BCUT2D eigenvalue weighted by atomic mass is 16.6. The van der Waals surface area contributed by atoms with E-state index in [4.69, 9.17) is 11.2 Å². The first-order chi connectivity index (χ1) is 7.54. The standard InChI is InChI=1S/C13H21NO2/c1-5-7-13(16-11(3)15)8-9-14(4)10-12(13)6-2/h1,12H,6-10H2,2-4H3. The number of nitrogens with zero attached hydrogens (tertiary/aromatic N) is 1. The molecule has 2 atom stereocenters. The van der Waals surface area contributed by atoms with E-state index >= 15 is 0 Å². The Kier molecular flexibility index (Phi) is 4.37. The van der Waals surface area contributed by atoms with Crippen molar-refractivity contribution in [2.75, 3.05) is 20.1 Å². The van der Waals surface area contributed by atoms with Crippen molar-refractivity contribution in [2.45, 2.75) is 38.7 Å². The Morgan fingerprint density at radius 3 is 2.88 bits per heavy atom. The second-order valence-corrected chi connectivity index (χ2v) is 4.66. The fourth-order valence-electron chi connectivity index (χ4n) is 2.58. The molecule has 1 rings (SSSR count). The summed E-state index contributed by atoms with van der Waals surface area (Å²) in [4.78, 5) is 13.5. The molecule has 1 heterocycles. The van der Waals surface area contributed by atoms with Crippen molar-refractivity contribution in [3.63, 3.8) is 0 Å². The molecule has 3 heteroatoms. The van der Waals surface area contributed by atoms with Crippen LogP contribution in [0.5, 0.6) is 0 Å². The molecule has 1 fully saturated rings. The summed E-state index contributed by atoms with van der Waals surface area (Å²) in [7, 11) is 2.09. The van der Waals surface area contributed by atoms with Crippen LogP contribution in [0.15, 0.2) is 0 Å². The first kappa shape index (κ1) is 13.1. The summed E-state index contributed by atoms with van der Waals surface area (Å²) in [5, 5.41) is 0. The number of rotatable bonds is 3. The minimum Gasteiger partial charge on any atom is -0.458 e. The summed E-state index contributed by atoms with van der Waals surface area (Å²) in [5.41, 5.74) is -0.429. The Morgan fingerprint density at radius 2 is 2.38 bits per heavy atom. The maximum absolute atomic E-state index is 11.2. The van der Waals surface area contributed by atoms with E-state index in [9.17, 15) is 4.79 Å². The summed E-state index contributed by atoms with van der Waals surface area (Å²) in [6, 6.07) is 0. The Morgan fingerprint density at radius 1 is 1.69 bits per heavy atom. The third-order valence-electron chi connectivity index (χ3n) is 3.43. The van der Waals surface area contributed by atoms with Crippen LogP contribution in [0, 0.1) is 18.3 Å². The lowest BCUT2D eigenvalue weighted by atomic mass is 9.77. The number of hydrogen-bond donors (Lipinski definition) is 0. The highest BCUT2D eigenvalue weighted by Gasteiger charge is 2.43. The molecule has 1 aliphatic rings. The van der Waals surface area contributed by atoms with Gasteiger partial charge in [0, 0.05) is 38.8 Å². The maximum Gasteiger partial charge on any atom is 0.303 e. The molecule has 0 aromatic heterocycles. The van der Waals surface area contributed by atoms with E-state index < -0.39 is 5.60 Å². The fourth-order valence-corrected chi connectivity index (χ4v) is 2.58. The van der Waals surface area contributed by atoms with Crippen LogP contribution in [0.1, 0.15) is 33.1 Å². The first-order valence-electron chi connectivity index (χ1n) is 5.85. The van der Waals surface area contributed by atoms with Crippen molar-refractivity contribution in [3.8, 4) is 12.3 Å². The molecule has 0 spiro atoms. The maximum atomic E-state index is 11.2. The monoisotopic (exact) mass is 223 g/mol. The molecule has 0 aliphatic carbocycles. The minimum absolute atomic E-state index is 0.224. The van der Waals surface area contributed by atoms with Crippen molar-refractivity contribution < 1.29 is 9.53 Å². The van der Waals surface area contributed by atoms with E-state index in [-0.39, 0.29) is 5.97 Å². The summed E-state index contributed by atoms with van der Waals surface area (Å²) in [6.07, 6.45) is 7.77. The average Bonchev–Trinajstić information content (AvgIpc) is 2.21. The minimum atomic E-state index is -0.429. The van der Waals surface area contributed by atoms with Crippen LogP contribution in [0.3, 0.4) is 0 Å². The van der Waals surface area contributed by atoms with Gasteiger partial charge in [-0.05, 0) is 13.5 Å². The van der Waals surface area contributed by atoms with Gasteiger partial charge in [0.15, 0.2) is 0 Å². The summed E-state index contributed by atoms with van der Waals surface area (Å²) in [6.45, 7) is 5.47. The van der Waals surface area contributed by atoms with Crippen LogP contribution in [-0.4, -0.2) is 36.6 Å². The Balaban J connectivity index is 2.88. The smallest absolute Gasteiger partial charge is 0.303 e. The van der Waals surface area contributed by atoms with Crippen molar-refractivity contribution in [2.24, 2.45) is 5.92 Å². The molecule has 0 bridgehead atoms. The lowest BCUT2D eigenvalue weighted by molar-refractivity contribution is -0.170. The van der Waals surface area contributed by atoms with Gasteiger partial charge in [-0.3, -0.25) is 4.79 Å². The van der Waals surface area contributed by atoms with E-state index in [1.807, 2.05) is 0 Å². The van der Waals surface area contributed by atoms with Gasteiger partial charge in [0.2, 0.25) is 0 Å². The van der Waals surface area contributed by atoms with Crippen LogP contribution in [0.2, 0.25) is 0 Å². The van der Waals surface area contributed by atoms with Crippen molar-refractivity contribution >= 4 is 5.97 Å². The fraction of sp³-hybridized carbons (Fsp3) is 0.769. The molecular weight excluding hydrogens is 202 g/mol. The number of esters is 1. The van der Waals surface area contributed by atoms with E-state index in [1.54, 1.807) is 0 Å². The molecule has 1 saturated heterocycles. The number of ether oxygens (including phenoxy) is 1. The molecule has 0 radical (unpaired) electrons. The first-order valence-corrected chi connectivity index (χ1v) is 5.85. The third kappa shape index (κ3) is 2.76. The second-order valence-electron chi connectivity index (χ2n) is 4.66. The molecule has 0 saturated carbocycles. The summed E-state index contributed by atoms with van der Waals surface area (Å²) >= 11 is 0. The molecular formula is C13H21NO2. The second kappa shape index (κ2) is 5.36. The van der Waals surface area contributed by atoms with Crippen molar-refractivity contribution in [3.05, 3.63) is 0 Å². The molecule has 0 amide bonds. The van der Waals surface area contributed by atoms with Crippen LogP contribution in [0.4, 0.5) is 0 Å². The highest BCUT2D eigenvalue weighted by Crippen LogP contribution is 2.36. The van der Waals surface area contributed by atoms with E-state index in [1.165, 1.54) is 6.92 Å². The van der Waals surface area contributed by atoms with Gasteiger partial charge in [0.25, 0.3) is 0 Å². The van der Waals surface area contributed by atoms with Gasteiger partial charge in [-0.15, -0.1) is 12.3 Å². The molecule has 16 heavy (non-hydrogen) atoms. The van der Waals surface area contributed by atoms with Gasteiger partial charge in [-0.1, -0.05) is 6.92 Å². The van der Waals surface area contributed by atoms with Crippen LogP contribution < -0.4 is 0 Å². The zero-order chi connectivity index (χ0) is 12.2. The van der Waals surface area contributed by atoms with Crippen molar-refractivity contribution in [1.82, 2.24) is 4.90 Å². The van der Waals surface area contributed by atoms with Gasteiger partial charge >= 0.3 is 5.97 Å². The molecule has 0 aromatic rings. The number of hydrogen-bond acceptors (Lipinski definition) is 3. The molecule has 90 valence electrons. The normalized spacial score (nSPS) is 30.8. The quantitative estimate of drug-likeness (QED) is 0.538. The number of piperidine rings is 1. The number of carbonyl (C=O) groups is 1. The lowest BCUT2D eigenvalue weighted by Crippen LogP contribution is -2.52. The van der Waals surface area contributed by atoms with E-state index in [0.29, 0.717) is 12.3 Å². The number of carbonyl (C=O) groups excluding carboxylic acids is 1. The Bertz CT molecular complexity index is 295. The van der Waals surface area contributed by atoms with E-state index in [0.717, 1.165) is 25.9 Å². The molecule has 0 aromatic carbocycles. The molecule has 0 N–H and O–H groups in total. The van der Waals surface area contributed by atoms with Crippen LogP contribution in [-0.2, 0) is 9.53 Å². The lowest BCUT2D eigenvalue weighted by Gasteiger charge is -2.45. The number of likely N-dealkylation sites (tertiary alicyclic amines) is 1. The van der Waals surface area contributed by atoms with Gasteiger partial charge < -0.3 is 9.64 Å². The summed E-state index contributed by atoms with van der Waals surface area (Å²) in [5.74, 6) is 2.78. The van der Waals surface area contributed by atoms with Crippen LogP contribution in [0.25, 0.3) is 0 Å². The summed E-state index contributed by atoms with van der Waals surface area (Å²) < 4.78 is 5.56. The Labute approximate surface area is 98.1 Å². The predicted molar refractivity (Wildman–Crippen MR) is 63.8 cm³/mol. The molecule has 1 aliphatic heterocycles. The molecule has 3 nitrogen and oxygen atoms in total. The van der Waals surface area contributed by atoms with Gasteiger partial charge in [-0.25, -0.2) is 0 Å². The largest absolute Gasteiger partial charge is 0.458 e. The third-order valence-corrected chi connectivity index (χ3v) is 3.43. The van der Waals surface area contributed by atoms with E-state index in [2.05, 4.69) is 24.8 Å². The zero-order valence-corrected chi connectivity index (χ0v) is 10.5. The van der Waals surface area contributed by atoms with Gasteiger partial charge in [0.1, 0.15) is 5.60 Å². The van der Waals surface area contributed by atoms with Crippen molar-refractivity contribution in [1.29, 1.82) is 0 Å². The zero-order valence-electron chi connectivity index (χ0n) is 10.5. The van der Waals surface area contributed by atoms with Gasteiger partial charge in [0.05, 0.1) is 0 Å². The Hall–Kier alpha value is -1.01. The topological polar surface area (TPSA) is 29.5 Å². The molecule has 2 unspecified atom stereocenters. The predicted octanol–water partition coefficient (Wildman–Crippen LogP) is 1.67. The van der Waals surface area contributed by atoms with Crippen LogP contribution >= 0.6 is 0 Å². The van der Waals surface area contributed by atoms with Gasteiger partial charge in [-0.2, -0.15) is 0 Å². The number of terminal acetylenes is 1.